The number of thioether (sulfide) groups is 1. The minimum Gasteiger partial charge on any atom is -0.330 e. The van der Waals surface area contributed by atoms with E-state index in [4.69, 9.17) is 11.5 Å². The van der Waals surface area contributed by atoms with Crippen LogP contribution in [0.5, 0.6) is 0 Å². The van der Waals surface area contributed by atoms with Crippen LogP contribution in [0.3, 0.4) is 0 Å². The molecule has 1 unspecified atom stereocenters. The lowest BCUT2D eigenvalue weighted by Crippen LogP contribution is -2.27. The SMILES string of the molecule is CSc1ccc(C(C)C(CN)CN)cc1. The zero-order valence-corrected chi connectivity index (χ0v) is 10.3. The van der Waals surface area contributed by atoms with Crippen molar-refractivity contribution in [2.24, 2.45) is 17.4 Å². The molecule has 1 rings (SSSR count). The van der Waals surface area contributed by atoms with Gasteiger partial charge in [-0.1, -0.05) is 19.1 Å². The Morgan fingerprint density at radius 1 is 1.13 bits per heavy atom. The van der Waals surface area contributed by atoms with Crippen LogP contribution >= 0.6 is 11.8 Å². The van der Waals surface area contributed by atoms with Gasteiger partial charge >= 0.3 is 0 Å². The Bertz CT molecular complexity index is 280. The van der Waals surface area contributed by atoms with Crippen molar-refractivity contribution in [3.05, 3.63) is 29.8 Å². The first kappa shape index (κ1) is 12.6. The van der Waals surface area contributed by atoms with Crippen molar-refractivity contribution < 1.29 is 0 Å². The van der Waals surface area contributed by atoms with Crippen LogP contribution in [0.25, 0.3) is 0 Å². The quantitative estimate of drug-likeness (QED) is 0.753. The molecule has 0 spiro atoms. The molecular formula is C12H20N2S. The molecule has 0 heterocycles. The lowest BCUT2D eigenvalue weighted by Gasteiger charge is -2.21. The lowest BCUT2D eigenvalue weighted by atomic mass is 9.88. The summed E-state index contributed by atoms with van der Waals surface area (Å²) in [6.07, 6.45) is 2.08. The van der Waals surface area contributed by atoms with Gasteiger partial charge in [0, 0.05) is 4.90 Å². The Labute approximate surface area is 96.4 Å². The van der Waals surface area contributed by atoms with Crippen LogP contribution < -0.4 is 11.5 Å². The summed E-state index contributed by atoms with van der Waals surface area (Å²) in [6.45, 7) is 3.50. The Morgan fingerprint density at radius 3 is 2.07 bits per heavy atom. The van der Waals surface area contributed by atoms with E-state index < -0.39 is 0 Å². The van der Waals surface area contributed by atoms with Crippen molar-refractivity contribution in [3.63, 3.8) is 0 Å². The maximum absolute atomic E-state index is 5.69. The largest absolute Gasteiger partial charge is 0.330 e. The zero-order valence-electron chi connectivity index (χ0n) is 9.44. The Morgan fingerprint density at radius 2 is 1.67 bits per heavy atom. The molecule has 2 nitrogen and oxygen atoms in total. The molecule has 0 aliphatic carbocycles. The Kier molecular flexibility index (Phi) is 5.15. The van der Waals surface area contributed by atoms with Crippen LogP contribution in [0.15, 0.2) is 29.2 Å². The fourth-order valence-electron chi connectivity index (χ4n) is 1.68. The number of hydrogen-bond acceptors (Lipinski definition) is 3. The Balaban J connectivity index is 2.76. The smallest absolute Gasteiger partial charge is 0.00693 e. The standard InChI is InChI=1S/C12H20N2S/c1-9(11(7-13)8-14)10-3-5-12(15-2)6-4-10/h3-6,9,11H,7-8,13-14H2,1-2H3. The summed E-state index contributed by atoms with van der Waals surface area (Å²) in [5.41, 5.74) is 12.7. The van der Waals surface area contributed by atoms with Gasteiger partial charge < -0.3 is 11.5 Å². The van der Waals surface area contributed by atoms with E-state index in [1.807, 2.05) is 0 Å². The van der Waals surface area contributed by atoms with E-state index in [0.717, 1.165) is 0 Å². The predicted octanol–water partition coefficient (Wildman–Crippen LogP) is 2.05. The van der Waals surface area contributed by atoms with Gasteiger partial charge in [0.25, 0.3) is 0 Å². The highest BCUT2D eigenvalue weighted by Crippen LogP contribution is 2.25. The van der Waals surface area contributed by atoms with Crippen LogP contribution in [0.2, 0.25) is 0 Å². The van der Waals surface area contributed by atoms with Crippen molar-refractivity contribution in [1.29, 1.82) is 0 Å². The van der Waals surface area contributed by atoms with Crippen LogP contribution in [-0.2, 0) is 0 Å². The molecule has 0 aliphatic rings. The third-order valence-corrected chi connectivity index (χ3v) is 3.70. The van der Waals surface area contributed by atoms with Crippen LogP contribution in [0.1, 0.15) is 18.4 Å². The third kappa shape index (κ3) is 3.23. The van der Waals surface area contributed by atoms with Gasteiger partial charge in [-0.25, -0.2) is 0 Å². The summed E-state index contributed by atoms with van der Waals surface area (Å²) < 4.78 is 0. The highest BCUT2D eigenvalue weighted by atomic mass is 32.2. The first-order chi connectivity index (χ1) is 7.22. The van der Waals surface area contributed by atoms with Gasteiger partial charge in [0.1, 0.15) is 0 Å². The molecule has 15 heavy (non-hydrogen) atoms. The van der Waals surface area contributed by atoms with Crippen molar-refractivity contribution >= 4 is 11.8 Å². The molecule has 84 valence electrons. The first-order valence-electron chi connectivity index (χ1n) is 5.27. The lowest BCUT2D eigenvalue weighted by molar-refractivity contribution is 0.466. The van der Waals surface area contributed by atoms with Gasteiger partial charge in [0.2, 0.25) is 0 Å². The highest BCUT2D eigenvalue weighted by molar-refractivity contribution is 7.98. The molecule has 1 aromatic rings. The molecule has 1 atom stereocenters. The van der Waals surface area contributed by atoms with Crippen LogP contribution in [0, 0.1) is 5.92 Å². The summed E-state index contributed by atoms with van der Waals surface area (Å²) in [5, 5.41) is 0. The fourth-order valence-corrected chi connectivity index (χ4v) is 2.09. The second-order valence-electron chi connectivity index (χ2n) is 3.79. The monoisotopic (exact) mass is 224 g/mol. The van der Waals surface area contributed by atoms with Crippen molar-refractivity contribution in [2.45, 2.75) is 17.7 Å². The average Bonchev–Trinajstić information content (AvgIpc) is 2.30. The van der Waals surface area contributed by atoms with Gasteiger partial charge in [0.15, 0.2) is 0 Å². The number of hydrogen-bond donors (Lipinski definition) is 2. The summed E-state index contributed by atoms with van der Waals surface area (Å²) in [4.78, 5) is 1.29. The van der Waals surface area contributed by atoms with Gasteiger partial charge in [-0.05, 0) is 48.9 Å². The average molecular weight is 224 g/mol. The van der Waals surface area contributed by atoms with E-state index >= 15 is 0 Å². The molecule has 0 aliphatic heterocycles. The summed E-state index contributed by atoms with van der Waals surface area (Å²) in [6, 6.07) is 8.66. The van der Waals surface area contributed by atoms with Gasteiger partial charge in [-0.3, -0.25) is 0 Å². The molecule has 0 aromatic heterocycles. The topological polar surface area (TPSA) is 52.0 Å². The molecular weight excluding hydrogens is 204 g/mol. The molecule has 4 N–H and O–H groups in total. The minimum absolute atomic E-state index is 0.380. The highest BCUT2D eigenvalue weighted by Gasteiger charge is 2.15. The van der Waals surface area contributed by atoms with E-state index in [1.54, 1.807) is 11.8 Å². The van der Waals surface area contributed by atoms with E-state index in [9.17, 15) is 0 Å². The van der Waals surface area contributed by atoms with Crippen LogP contribution in [-0.4, -0.2) is 19.3 Å². The summed E-state index contributed by atoms with van der Waals surface area (Å²) >= 11 is 1.76. The maximum Gasteiger partial charge on any atom is 0.00693 e. The molecule has 0 radical (unpaired) electrons. The second-order valence-corrected chi connectivity index (χ2v) is 4.67. The minimum atomic E-state index is 0.380. The molecule has 0 saturated carbocycles. The molecule has 0 amide bonds. The van der Waals surface area contributed by atoms with Crippen LogP contribution in [0.4, 0.5) is 0 Å². The number of rotatable bonds is 5. The number of nitrogens with two attached hydrogens (primary N) is 2. The van der Waals surface area contributed by atoms with Crippen molar-refractivity contribution in [3.8, 4) is 0 Å². The normalized spacial score (nSPS) is 13.1. The van der Waals surface area contributed by atoms with Crippen molar-refractivity contribution in [1.82, 2.24) is 0 Å². The van der Waals surface area contributed by atoms with E-state index in [-0.39, 0.29) is 0 Å². The van der Waals surface area contributed by atoms with Crippen molar-refractivity contribution in [2.75, 3.05) is 19.3 Å². The predicted molar refractivity (Wildman–Crippen MR) is 68.2 cm³/mol. The molecule has 0 fully saturated rings. The molecule has 0 saturated heterocycles. The maximum atomic E-state index is 5.69. The third-order valence-electron chi connectivity index (χ3n) is 2.95. The molecule has 1 aromatic carbocycles. The Hall–Kier alpha value is -0.510. The van der Waals surface area contributed by atoms with Gasteiger partial charge in [-0.15, -0.1) is 11.8 Å². The second kappa shape index (κ2) is 6.16. The first-order valence-corrected chi connectivity index (χ1v) is 6.49. The van der Waals surface area contributed by atoms with Gasteiger partial charge in [-0.2, -0.15) is 0 Å². The molecule has 0 bridgehead atoms. The van der Waals surface area contributed by atoms with Gasteiger partial charge in [0.05, 0.1) is 0 Å². The van der Waals surface area contributed by atoms with E-state index in [1.165, 1.54) is 10.5 Å². The summed E-state index contributed by atoms with van der Waals surface area (Å²) in [5.74, 6) is 0.820. The zero-order chi connectivity index (χ0) is 11.3. The fraction of sp³-hybridized carbons (Fsp3) is 0.500. The van der Waals surface area contributed by atoms with E-state index in [2.05, 4.69) is 37.4 Å². The molecule has 3 heteroatoms. The summed E-state index contributed by atoms with van der Waals surface area (Å²) in [7, 11) is 0. The van der Waals surface area contributed by atoms with E-state index in [0.29, 0.717) is 24.9 Å². The number of benzene rings is 1.